The lowest BCUT2D eigenvalue weighted by Gasteiger charge is -2.11. The molecule has 34 heavy (non-hydrogen) atoms. The van der Waals surface area contributed by atoms with Crippen LogP contribution in [-0.2, 0) is 0 Å². The molecule has 0 bridgehead atoms. The fourth-order valence-electron chi connectivity index (χ4n) is 3.79. The Bertz CT molecular complexity index is 1610. The molecule has 0 amide bonds. The van der Waals surface area contributed by atoms with E-state index in [1.54, 1.807) is 24.2 Å². The number of anilines is 2. The fraction of sp³-hybridized carbons (Fsp3) is 0.0370. The van der Waals surface area contributed by atoms with Gasteiger partial charge >= 0.3 is 0 Å². The van der Waals surface area contributed by atoms with Gasteiger partial charge in [-0.25, -0.2) is 0 Å². The lowest BCUT2D eigenvalue weighted by Crippen LogP contribution is -2.00. The highest BCUT2D eigenvalue weighted by Gasteiger charge is 2.12. The molecule has 0 radical (unpaired) electrons. The zero-order chi connectivity index (χ0) is 22.9. The summed E-state index contributed by atoms with van der Waals surface area (Å²) in [4.78, 5) is 11.0. The van der Waals surface area contributed by atoms with Crippen LogP contribution in [0.3, 0.4) is 0 Å². The number of aryl methyl sites for hydroxylation is 1. The number of nitrogens with one attached hydrogen (secondary N) is 1. The summed E-state index contributed by atoms with van der Waals surface area (Å²) in [5, 5.41) is 14.4. The van der Waals surface area contributed by atoms with Gasteiger partial charge in [0.15, 0.2) is 11.4 Å². The average Bonchev–Trinajstić information content (AvgIpc) is 3.36. The van der Waals surface area contributed by atoms with Crippen LogP contribution in [-0.4, -0.2) is 20.2 Å². The molecular weight excluding hydrogens is 442 g/mol. The summed E-state index contributed by atoms with van der Waals surface area (Å²) < 4.78 is 5.60. The second-order valence-corrected chi connectivity index (χ2v) is 8.97. The first kappa shape index (κ1) is 20.4. The zero-order valence-corrected chi connectivity index (χ0v) is 19.1. The maximum absolute atomic E-state index is 5.60. The summed E-state index contributed by atoms with van der Waals surface area (Å²) in [7, 11) is 0. The van der Waals surface area contributed by atoms with E-state index in [1.807, 2.05) is 67.7 Å². The first-order valence-electron chi connectivity index (χ1n) is 10.8. The minimum absolute atomic E-state index is 0.707. The van der Waals surface area contributed by atoms with Crippen molar-refractivity contribution in [2.24, 2.45) is 0 Å². The summed E-state index contributed by atoms with van der Waals surface area (Å²) in [6.45, 7) is 2.02. The number of hydrogen-bond acceptors (Lipinski definition) is 7. The van der Waals surface area contributed by atoms with Crippen LogP contribution in [0.5, 0.6) is 0 Å². The Morgan fingerprint density at radius 2 is 1.68 bits per heavy atom. The number of pyridine rings is 2. The predicted molar refractivity (Wildman–Crippen MR) is 135 cm³/mol. The maximum Gasteiger partial charge on any atom is 0.166 e. The second kappa shape index (κ2) is 8.61. The van der Waals surface area contributed by atoms with Crippen LogP contribution >= 0.6 is 11.8 Å². The maximum atomic E-state index is 5.60. The Hall–Kier alpha value is -4.23. The molecule has 0 fully saturated rings. The molecule has 0 saturated heterocycles. The van der Waals surface area contributed by atoms with E-state index in [0.717, 1.165) is 54.3 Å². The molecule has 0 aliphatic rings. The van der Waals surface area contributed by atoms with Crippen molar-refractivity contribution in [3.8, 4) is 11.4 Å². The summed E-state index contributed by atoms with van der Waals surface area (Å²) in [6, 6.07) is 24.2. The number of fused-ring (bicyclic) bond motifs is 2. The van der Waals surface area contributed by atoms with Gasteiger partial charge in [0.2, 0.25) is 0 Å². The molecule has 4 aromatic heterocycles. The third kappa shape index (κ3) is 3.86. The van der Waals surface area contributed by atoms with E-state index >= 15 is 0 Å². The van der Waals surface area contributed by atoms with Crippen LogP contribution in [0.1, 0.15) is 5.56 Å². The van der Waals surface area contributed by atoms with Crippen molar-refractivity contribution < 1.29 is 4.42 Å². The molecule has 0 spiro atoms. The van der Waals surface area contributed by atoms with Crippen molar-refractivity contribution in [2.45, 2.75) is 16.7 Å². The largest absolute Gasteiger partial charge is 0.461 e. The molecule has 6 rings (SSSR count). The molecule has 0 saturated carbocycles. The van der Waals surface area contributed by atoms with Gasteiger partial charge in [-0.05, 0) is 48.9 Å². The van der Waals surface area contributed by atoms with Crippen molar-refractivity contribution >= 4 is 45.1 Å². The Kier molecular flexibility index (Phi) is 5.16. The second-order valence-electron chi connectivity index (χ2n) is 7.86. The monoisotopic (exact) mass is 461 g/mol. The van der Waals surface area contributed by atoms with Crippen LogP contribution in [0.25, 0.3) is 33.3 Å². The van der Waals surface area contributed by atoms with E-state index in [-0.39, 0.29) is 0 Å². The number of benzene rings is 2. The van der Waals surface area contributed by atoms with Gasteiger partial charge in [-0.1, -0.05) is 42.1 Å². The first-order valence-corrected chi connectivity index (χ1v) is 11.6. The molecule has 0 unspecified atom stereocenters. The van der Waals surface area contributed by atoms with Gasteiger partial charge in [0.05, 0.1) is 16.9 Å². The van der Waals surface area contributed by atoms with Gasteiger partial charge < -0.3 is 9.73 Å². The van der Waals surface area contributed by atoms with Crippen LogP contribution in [0.2, 0.25) is 0 Å². The smallest absolute Gasteiger partial charge is 0.166 e. The highest BCUT2D eigenvalue weighted by atomic mass is 32.2. The molecule has 0 atom stereocenters. The summed E-state index contributed by atoms with van der Waals surface area (Å²) in [6.07, 6.45) is 5.32. The zero-order valence-electron chi connectivity index (χ0n) is 18.3. The minimum Gasteiger partial charge on any atom is -0.461 e. The predicted octanol–water partition coefficient (Wildman–Crippen LogP) is 7.04. The summed E-state index contributed by atoms with van der Waals surface area (Å²) in [5.74, 6) is 0.707. The molecule has 4 heterocycles. The molecule has 7 heteroatoms. The van der Waals surface area contributed by atoms with Crippen molar-refractivity contribution in [1.82, 2.24) is 20.2 Å². The van der Waals surface area contributed by atoms with Crippen LogP contribution in [0.4, 0.5) is 11.5 Å². The lowest BCUT2D eigenvalue weighted by molar-refractivity contribution is 0.608. The molecule has 6 nitrogen and oxygen atoms in total. The van der Waals surface area contributed by atoms with E-state index in [2.05, 4.69) is 43.7 Å². The van der Waals surface area contributed by atoms with Crippen molar-refractivity contribution in [1.29, 1.82) is 0 Å². The molecule has 0 aliphatic carbocycles. The summed E-state index contributed by atoms with van der Waals surface area (Å²) in [5.41, 5.74) is 5.29. The number of aromatic nitrogens is 4. The standard InChI is InChI=1S/C27H19N5OS/c1-17-6-11-22(29-16-17)25-20-4-2-3-5-21(20)27(32-31-25)30-18-7-9-19(10-8-18)34-24-12-14-28-23-13-15-33-26(23)24/h2-16H,1H3,(H,30,32). The Balaban J connectivity index is 1.28. The van der Waals surface area contributed by atoms with Crippen molar-refractivity contribution in [2.75, 3.05) is 5.32 Å². The Morgan fingerprint density at radius 1 is 0.824 bits per heavy atom. The lowest BCUT2D eigenvalue weighted by atomic mass is 10.1. The van der Waals surface area contributed by atoms with E-state index in [1.165, 1.54) is 0 Å². The Morgan fingerprint density at radius 3 is 2.50 bits per heavy atom. The quantitative estimate of drug-likeness (QED) is 0.295. The molecule has 6 aromatic rings. The Labute approximate surface area is 200 Å². The van der Waals surface area contributed by atoms with Crippen molar-refractivity contribution in [3.63, 3.8) is 0 Å². The molecule has 0 aliphatic heterocycles. The van der Waals surface area contributed by atoms with Gasteiger partial charge in [0.25, 0.3) is 0 Å². The van der Waals surface area contributed by atoms with Gasteiger partial charge in [-0.15, -0.1) is 10.2 Å². The number of hydrogen-bond donors (Lipinski definition) is 1. The third-order valence-electron chi connectivity index (χ3n) is 5.49. The fourth-order valence-corrected chi connectivity index (χ4v) is 4.69. The van der Waals surface area contributed by atoms with Crippen LogP contribution in [0.15, 0.2) is 106 Å². The average molecular weight is 462 g/mol. The van der Waals surface area contributed by atoms with E-state index in [9.17, 15) is 0 Å². The van der Waals surface area contributed by atoms with E-state index < -0.39 is 0 Å². The minimum atomic E-state index is 0.707. The molecule has 1 N–H and O–H groups in total. The van der Waals surface area contributed by atoms with E-state index in [4.69, 9.17) is 4.42 Å². The topological polar surface area (TPSA) is 76.7 Å². The van der Waals surface area contributed by atoms with Gasteiger partial charge in [0.1, 0.15) is 11.2 Å². The number of rotatable bonds is 5. The van der Waals surface area contributed by atoms with Crippen LogP contribution < -0.4 is 5.32 Å². The highest BCUT2D eigenvalue weighted by molar-refractivity contribution is 7.99. The third-order valence-corrected chi connectivity index (χ3v) is 6.54. The van der Waals surface area contributed by atoms with Crippen molar-refractivity contribution in [3.05, 3.63) is 97.0 Å². The highest BCUT2D eigenvalue weighted by Crippen LogP contribution is 2.35. The van der Waals surface area contributed by atoms with Gasteiger partial charge in [-0.2, -0.15) is 0 Å². The SMILES string of the molecule is Cc1ccc(-c2nnc(Nc3ccc(Sc4ccnc5ccoc45)cc3)c3ccccc23)nc1. The van der Waals surface area contributed by atoms with Crippen LogP contribution in [0, 0.1) is 6.92 Å². The molecular formula is C27H19N5OS. The number of nitrogens with zero attached hydrogens (tertiary/aromatic N) is 4. The first-order chi connectivity index (χ1) is 16.7. The van der Waals surface area contributed by atoms with Gasteiger partial charge in [0, 0.05) is 39.8 Å². The molecule has 164 valence electrons. The normalized spacial score (nSPS) is 11.2. The molecule has 2 aromatic carbocycles. The van der Waals surface area contributed by atoms with E-state index in [0.29, 0.717) is 5.82 Å². The number of furan rings is 1. The summed E-state index contributed by atoms with van der Waals surface area (Å²) >= 11 is 1.64. The van der Waals surface area contributed by atoms with Gasteiger partial charge in [-0.3, -0.25) is 9.97 Å².